The van der Waals surface area contributed by atoms with Crippen molar-refractivity contribution in [2.45, 2.75) is 72.4 Å². The second-order valence-electron chi connectivity index (χ2n) is 6.70. The molecule has 0 amide bonds. The Labute approximate surface area is 124 Å². The van der Waals surface area contributed by atoms with Gasteiger partial charge in [-0.05, 0) is 32.4 Å². The molecule has 1 nitrogen and oxygen atoms in total. The zero-order valence-corrected chi connectivity index (χ0v) is 16.3. The van der Waals surface area contributed by atoms with E-state index >= 15 is 0 Å². The Morgan fingerprint density at radius 2 is 1.16 bits per heavy atom. The van der Waals surface area contributed by atoms with Crippen molar-refractivity contribution in [1.29, 1.82) is 0 Å². The summed E-state index contributed by atoms with van der Waals surface area (Å²) in [7, 11) is -0.216. The number of hydrogen-bond donors (Lipinski definition) is 0. The largest absolute Gasteiger partial charge is 0.417 e. The fourth-order valence-corrected chi connectivity index (χ4v) is 15.4. The first-order valence-electron chi connectivity index (χ1n) is 8.35. The van der Waals surface area contributed by atoms with Crippen LogP contribution in [0.5, 0.6) is 0 Å². The fraction of sp³-hybridized carbons (Fsp3) is 1.00. The summed E-state index contributed by atoms with van der Waals surface area (Å²) in [6, 6.07) is 0. The molecule has 0 aromatic carbocycles. The van der Waals surface area contributed by atoms with E-state index in [4.69, 9.17) is 4.43 Å². The van der Waals surface area contributed by atoms with Crippen LogP contribution in [0.3, 0.4) is 0 Å². The molecule has 0 atom stereocenters. The Morgan fingerprint density at radius 3 is 1.42 bits per heavy atom. The Morgan fingerprint density at radius 1 is 0.789 bits per heavy atom. The minimum Gasteiger partial charge on any atom is -0.417 e. The summed E-state index contributed by atoms with van der Waals surface area (Å²) in [6.45, 7) is 11.9. The summed E-state index contributed by atoms with van der Waals surface area (Å²) in [5.74, 6) is 1.47. The maximum atomic E-state index is 5.90. The van der Waals surface area contributed by atoms with Crippen LogP contribution in [-0.4, -0.2) is 39.7 Å². The lowest BCUT2D eigenvalue weighted by atomic mass is 10.4. The molecule has 0 aromatic rings. The molecule has 0 aromatic heterocycles. The first kappa shape index (κ1) is 19.6. The quantitative estimate of drug-likeness (QED) is 0.327. The van der Waals surface area contributed by atoms with Crippen molar-refractivity contribution < 1.29 is 4.43 Å². The van der Waals surface area contributed by atoms with Crippen LogP contribution in [0.4, 0.5) is 0 Å². The fourth-order valence-electron chi connectivity index (χ4n) is 2.93. The van der Waals surface area contributed by atoms with Crippen LogP contribution >= 0.6 is 7.26 Å². The van der Waals surface area contributed by atoms with Gasteiger partial charge in [0, 0.05) is 14.4 Å². The highest BCUT2D eigenvalue weighted by Crippen LogP contribution is 2.62. The molecule has 0 fully saturated rings. The maximum absolute atomic E-state index is 5.90. The predicted molar refractivity (Wildman–Crippen MR) is 95.6 cm³/mol. The van der Waals surface area contributed by atoms with Crippen LogP contribution < -0.4 is 0 Å². The molecular formula is C16H38OPSi+. The predicted octanol–water partition coefficient (Wildman–Crippen LogP) is 5.80. The Bertz CT molecular complexity index is 197. The first-order chi connectivity index (χ1) is 8.95. The molecular weight excluding hydrogens is 267 g/mol. The van der Waals surface area contributed by atoms with Crippen LogP contribution in [0, 0.1) is 0 Å². The maximum Gasteiger partial charge on any atom is 0.223 e. The lowest BCUT2D eigenvalue weighted by Gasteiger charge is -2.33. The molecule has 116 valence electrons. The summed E-state index contributed by atoms with van der Waals surface area (Å²) < 4.78 is 5.90. The molecule has 0 unspecified atom stereocenters. The summed E-state index contributed by atoms with van der Waals surface area (Å²) >= 11 is 0. The normalized spacial score (nSPS) is 12.9. The van der Waals surface area contributed by atoms with Crippen LogP contribution in [0.2, 0.25) is 13.1 Å². The molecule has 0 saturated heterocycles. The summed E-state index contributed by atoms with van der Waals surface area (Å²) in [5.41, 5.74) is 0. The van der Waals surface area contributed by atoms with Crippen molar-refractivity contribution in [2.75, 3.05) is 31.4 Å². The topological polar surface area (TPSA) is 9.23 Å². The molecule has 0 radical (unpaired) electrons. The van der Waals surface area contributed by atoms with Crippen molar-refractivity contribution in [3.8, 4) is 0 Å². The second-order valence-corrected chi connectivity index (χ2v) is 15.9. The molecule has 0 aliphatic heterocycles. The van der Waals surface area contributed by atoms with Crippen molar-refractivity contribution >= 4 is 15.6 Å². The number of unbranched alkanes of at least 4 members (excludes halogenated alkanes) is 3. The lowest BCUT2D eigenvalue weighted by Crippen LogP contribution is -2.37. The van der Waals surface area contributed by atoms with Gasteiger partial charge in [-0.1, -0.05) is 40.0 Å². The Balaban J connectivity index is 4.85. The van der Waals surface area contributed by atoms with Gasteiger partial charge in [0.05, 0.1) is 24.3 Å². The van der Waals surface area contributed by atoms with Crippen LogP contribution in [0.15, 0.2) is 0 Å². The standard InChI is InChI=1S/C16H38OPSi/c1-7-10-13-18(14-11-8-2,15-12-9-3)16-19(5,6)17-4/h7-16H2,1-6H3/q+1. The third-order valence-electron chi connectivity index (χ3n) is 4.23. The summed E-state index contributed by atoms with van der Waals surface area (Å²) in [5, 5.41) is 0. The van der Waals surface area contributed by atoms with Gasteiger partial charge in [-0.2, -0.15) is 0 Å². The third kappa shape index (κ3) is 8.47. The van der Waals surface area contributed by atoms with E-state index in [1.165, 1.54) is 62.8 Å². The smallest absolute Gasteiger partial charge is 0.223 e. The summed E-state index contributed by atoms with van der Waals surface area (Å²) in [4.78, 5) is 0. The van der Waals surface area contributed by atoms with Crippen molar-refractivity contribution in [1.82, 2.24) is 0 Å². The average molecular weight is 306 g/mol. The van der Waals surface area contributed by atoms with Crippen LogP contribution in [0.25, 0.3) is 0 Å². The molecule has 0 N–H and O–H groups in total. The average Bonchev–Trinajstić information content (AvgIpc) is 2.40. The van der Waals surface area contributed by atoms with Gasteiger partial charge >= 0.3 is 0 Å². The highest BCUT2D eigenvalue weighted by molar-refractivity contribution is 7.77. The van der Waals surface area contributed by atoms with Crippen molar-refractivity contribution in [3.63, 3.8) is 0 Å². The van der Waals surface area contributed by atoms with E-state index in [0.717, 1.165) is 0 Å². The number of hydrogen-bond acceptors (Lipinski definition) is 1. The van der Waals surface area contributed by atoms with E-state index in [-0.39, 0.29) is 0 Å². The second kappa shape index (κ2) is 10.4. The lowest BCUT2D eigenvalue weighted by molar-refractivity contribution is 0.409. The molecule has 0 rings (SSSR count). The Hall–Kier alpha value is 0.607. The van der Waals surface area contributed by atoms with Gasteiger partial charge in [0.1, 0.15) is 0 Å². The molecule has 0 aliphatic carbocycles. The van der Waals surface area contributed by atoms with E-state index in [2.05, 4.69) is 33.9 Å². The van der Waals surface area contributed by atoms with Gasteiger partial charge in [0.15, 0.2) is 0 Å². The Kier molecular flexibility index (Phi) is 10.7. The molecule has 0 aliphatic rings. The number of rotatable bonds is 12. The van der Waals surface area contributed by atoms with Crippen molar-refractivity contribution in [3.05, 3.63) is 0 Å². The van der Waals surface area contributed by atoms with Gasteiger partial charge in [0.2, 0.25) is 8.32 Å². The zero-order valence-electron chi connectivity index (χ0n) is 14.4. The monoisotopic (exact) mass is 305 g/mol. The first-order valence-corrected chi connectivity index (χ1v) is 14.0. The molecule has 19 heavy (non-hydrogen) atoms. The molecule has 0 bridgehead atoms. The van der Waals surface area contributed by atoms with Gasteiger partial charge < -0.3 is 4.43 Å². The molecule has 0 heterocycles. The van der Waals surface area contributed by atoms with Crippen LogP contribution in [-0.2, 0) is 4.43 Å². The van der Waals surface area contributed by atoms with Crippen molar-refractivity contribution in [2.24, 2.45) is 0 Å². The highest BCUT2D eigenvalue weighted by Gasteiger charge is 2.42. The van der Waals surface area contributed by atoms with E-state index in [0.29, 0.717) is 0 Å². The van der Waals surface area contributed by atoms with Crippen LogP contribution in [0.1, 0.15) is 59.3 Å². The molecule has 0 spiro atoms. The minimum absolute atomic E-state index is 0.747. The third-order valence-corrected chi connectivity index (χ3v) is 14.9. The van der Waals surface area contributed by atoms with Gasteiger partial charge in [0.25, 0.3) is 0 Å². The van der Waals surface area contributed by atoms with E-state index in [1.807, 2.05) is 7.11 Å². The highest BCUT2D eigenvalue weighted by atomic mass is 31.2. The van der Waals surface area contributed by atoms with Gasteiger partial charge in [-0.15, -0.1) is 0 Å². The zero-order chi connectivity index (χ0) is 14.8. The van der Waals surface area contributed by atoms with Gasteiger partial charge in [-0.3, -0.25) is 0 Å². The van der Waals surface area contributed by atoms with E-state index in [1.54, 1.807) is 0 Å². The minimum atomic E-state index is -1.41. The SMILES string of the molecule is CCCC[P+](CCCC)(CCCC)C[Si](C)(C)OC. The van der Waals surface area contributed by atoms with Gasteiger partial charge in [-0.25, -0.2) is 0 Å². The van der Waals surface area contributed by atoms with E-state index < -0.39 is 15.6 Å². The summed E-state index contributed by atoms with van der Waals surface area (Å²) in [6.07, 6.45) is 13.0. The molecule has 3 heteroatoms. The van der Waals surface area contributed by atoms with E-state index in [9.17, 15) is 0 Å². The molecule has 0 saturated carbocycles.